The van der Waals surface area contributed by atoms with Crippen molar-refractivity contribution in [2.45, 2.75) is 38.6 Å². The Bertz CT molecular complexity index is 470. The fourth-order valence-electron chi connectivity index (χ4n) is 2.37. The van der Waals surface area contributed by atoms with Crippen molar-refractivity contribution in [1.29, 1.82) is 0 Å². The van der Waals surface area contributed by atoms with Crippen molar-refractivity contribution in [1.82, 2.24) is 9.88 Å². The molecule has 0 saturated carbocycles. The number of hydrogen-bond acceptors (Lipinski definition) is 3. The molecule has 0 spiro atoms. The highest BCUT2D eigenvalue weighted by Gasteiger charge is 2.23. The smallest absolute Gasteiger partial charge is 0.337 e. The Balaban J connectivity index is 2.15. The normalized spacial score (nSPS) is 19.8. The first-order chi connectivity index (χ1) is 9.09. The molecule has 1 atom stereocenters. The zero-order valence-electron chi connectivity index (χ0n) is 11.0. The topological polar surface area (TPSA) is 70.5 Å². The molecule has 0 radical (unpaired) electrons. The number of pyridine rings is 1. The van der Waals surface area contributed by atoms with E-state index in [9.17, 15) is 9.59 Å². The van der Waals surface area contributed by atoms with Crippen LogP contribution < -0.4 is 0 Å². The molecule has 102 valence electrons. The molecular formula is C14H18N2O3. The summed E-state index contributed by atoms with van der Waals surface area (Å²) >= 11 is 0. The average molecular weight is 262 g/mol. The van der Waals surface area contributed by atoms with Gasteiger partial charge in [-0.3, -0.25) is 9.78 Å². The summed E-state index contributed by atoms with van der Waals surface area (Å²) in [6.45, 7) is 2.80. The zero-order valence-corrected chi connectivity index (χ0v) is 11.0. The first-order valence-corrected chi connectivity index (χ1v) is 6.60. The highest BCUT2D eigenvalue weighted by Crippen LogP contribution is 2.18. The minimum Gasteiger partial charge on any atom is -0.478 e. The van der Waals surface area contributed by atoms with Crippen LogP contribution in [0.3, 0.4) is 0 Å². The van der Waals surface area contributed by atoms with Crippen molar-refractivity contribution < 1.29 is 14.7 Å². The van der Waals surface area contributed by atoms with Crippen molar-refractivity contribution in [2.24, 2.45) is 0 Å². The largest absolute Gasteiger partial charge is 0.478 e. The van der Waals surface area contributed by atoms with Crippen molar-refractivity contribution in [3.05, 3.63) is 29.6 Å². The van der Waals surface area contributed by atoms with Crippen LogP contribution in [0.5, 0.6) is 0 Å². The summed E-state index contributed by atoms with van der Waals surface area (Å²) in [5.74, 6) is -1.14. The van der Waals surface area contributed by atoms with Crippen LogP contribution in [-0.4, -0.2) is 39.5 Å². The lowest BCUT2D eigenvalue weighted by Crippen LogP contribution is -2.38. The SMILES string of the molecule is CC1CCCCCN1C(=O)c1ccc(C(=O)O)cn1. The predicted molar refractivity (Wildman–Crippen MR) is 70.2 cm³/mol. The number of aromatic nitrogens is 1. The maximum absolute atomic E-state index is 12.4. The maximum Gasteiger partial charge on any atom is 0.337 e. The number of likely N-dealkylation sites (tertiary alicyclic amines) is 1. The number of carboxylic acid groups (broad SMARTS) is 1. The van der Waals surface area contributed by atoms with Gasteiger partial charge in [-0.25, -0.2) is 4.79 Å². The van der Waals surface area contributed by atoms with E-state index in [1.165, 1.54) is 18.3 Å². The van der Waals surface area contributed by atoms with Crippen molar-refractivity contribution >= 4 is 11.9 Å². The number of hydrogen-bond donors (Lipinski definition) is 1. The molecule has 5 nitrogen and oxygen atoms in total. The molecule has 2 rings (SSSR count). The van der Waals surface area contributed by atoms with Crippen LogP contribution in [0.2, 0.25) is 0 Å². The molecule has 19 heavy (non-hydrogen) atoms. The number of carboxylic acids is 1. The second kappa shape index (κ2) is 5.82. The molecule has 1 aromatic heterocycles. The summed E-state index contributed by atoms with van der Waals surface area (Å²) in [7, 11) is 0. The lowest BCUT2D eigenvalue weighted by atomic mass is 10.1. The van der Waals surface area contributed by atoms with E-state index in [0.717, 1.165) is 32.2 Å². The molecule has 0 bridgehead atoms. The monoisotopic (exact) mass is 262 g/mol. The van der Waals surface area contributed by atoms with E-state index in [-0.39, 0.29) is 17.5 Å². The first-order valence-electron chi connectivity index (χ1n) is 6.60. The highest BCUT2D eigenvalue weighted by atomic mass is 16.4. The Morgan fingerprint density at radius 3 is 2.74 bits per heavy atom. The molecule has 1 N–H and O–H groups in total. The van der Waals surface area contributed by atoms with Gasteiger partial charge in [0.1, 0.15) is 5.69 Å². The van der Waals surface area contributed by atoms with Crippen LogP contribution in [-0.2, 0) is 0 Å². The van der Waals surface area contributed by atoms with E-state index in [1.54, 1.807) is 0 Å². The zero-order chi connectivity index (χ0) is 13.8. The highest BCUT2D eigenvalue weighted by molar-refractivity contribution is 5.94. The van der Waals surface area contributed by atoms with Gasteiger partial charge in [0.25, 0.3) is 5.91 Å². The van der Waals surface area contributed by atoms with E-state index >= 15 is 0 Å². The van der Waals surface area contributed by atoms with Gasteiger partial charge in [0, 0.05) is 18.8 Å². The predicted octanol–water partition coefficient (Wildman–Crippen LogP) is 2.18. The minimum atomic E-state index is -1.03. The van der Waals surface area contributed by atoms with Crippen molar-refractivity contribution in [2.75, 3.05) is 6.54 Å². The second-order valence-electron chi connectivity index (χ2n) is 4.93. The standard InChI is InChI=1S/C14H18N2O3/c1-10-5-3-2-4-8-16(10)13(17)12-7-6-11(9-15-12)14(18)19/h6-7,9-10H,2-5,8H2,1H3,(H,18,19). The van der Waals surface area contributed by atoms with Gasteiger partial charge in [0.15, 0.2) is 0 Å². The fourth-order valence-corrected chi connectivity index (χ4v) is 2.37. The third-order valence-corrected chi connectivity index (χ3v) is 3.54. The van der Waals surface area contributed by atoms with Crippen LogP contribution in [0.1, 0.15) is 53.5 Å². The Morgan fingerprint density at radius 2 is 2.11 bits per heavy atom. The van der Waals surface area contributed by atoms with Gasteiger partial charge in [-0.05, 0) is 31.9 Å². The number of amides is 1. The molecule has 2 heterocycles. The van der Waals surface area contributed by atoms with E-state index in [1.807, 2.05) is 4.90 Å². The Kier molecular flexibility index (Phi) is 4.14. The quantitative estimate of drug-likeness (QED) is 0.886. The van der Waals surface area contributed by atoms with Gasteiger partial charge in [-0.2, -0.15) is 0 Å². The average Bonchev–Trinajstić information content (AvgIpc) is 2.63. The summed E-state index contributed by atoms with van der Waals surface area (Å²) in [6, 6.07) is 3.13. The Labute approximate surface area is 112 Å². The van der Waals surface area contributed by atoms with Gasteiger partial charge in [0.2, 0.25) is 0 Å². The van der Waals surface area contributed by atoms with Crippen LogP contribution in [0.15, 0.2) is 18.3 Å². The molecule has 1 amide bonds. The summed E-state index contributed by atoms with van der Waals surface area (Å²) in [5.41, 5.74) is 0.416. The number of nitrogens with zero attached hydrogens (tertiary/aromatic N) is 2. The number of aromatic carboxylic acids is 1. The molecule has 1 saturated heterocycles. The van der Waals surface area contributed by atoms with Crippen LogP contribution >= 0.6 is 0 Å². The van der Waals surface area contributed by atoms with Crippen LogP contribution in [0, 0.1) is 0 Å². The van der Waals surface area contributed by atoms with Crippen molar-refractivity contribution in [3.8, 4) is 0 Å². The molecule has 1 aliphatic heterocycles. The lowest BCUT2D eigenvalue weighted by molar-refractivity contribution is 0.0678. The third-order valence-electron chi connectivity index (χ3n) is 3.54. The van der Waals surface area contributed by atoms with Gasteiger partial charge < -0.3 is 10.0 Å². The van der Waals surface area contributed by atoms with Crippen LogP contribution in [0.4, 0.5) is 0 Å². The molecule has 0 aromatic carbocycles. The molecular weight excluding hydrogens is 244 g/mol. The molecule has 1 aromatic rings. The van der Waals surface area contributed by atoms with E-state index in [2.05, 4.69) is 11.9 Å². The summed E-state index contributed by atoms with van der Waals surface area (Å²) in [6.07, 6.45) is 5.57. The molecule has 0 aliphatic carbocycles. The minimum absolute atomic E-state index is 0.0977. The molecule has 1 fully saturated rings. The number of carbonyl (C=O) groups is 2. The molecule has 1 aliphatic rings. The lowest BCUT2D eigenvalue weighted by Gasteiger charge is -2.26. The summed E-state index contributed by atoms with van der Waals surface area (Å²) < 4.78 is 0. The fraction of sp³-hybridized carbons (Fsp3) is 0.500. The number of carbonyl (C=O) groups excluding carboxylic acids is 1. The number of rotatable bonds is 2. The van der Waals surface area contributed by atoms with Gasteiger partial charge in [0.05, 0.1) is 5.56 Å². The molecule has 1 unspecified atom stereocenters. The summed E-state index contributed by atoms with van der Waals surface area (Å²) in [5, 5.41) is 8.81. The first kappa shape index (κ1) is 13.5. The summed E-state index contributed by atoms with van der Waals surface area (Å²) in [4.78, 5) is 28.9. The van der Waals surface area contributed by atoms with E-state index < -0.39 is 5.97 Å². The van der Waals surface area contributed by atoms with E-state index in [4.69, 9.17) is 5.11 Å². The Hall–Kier alpha value is -1.91. The van der Waals surface area contributed by atoms with E-state index in [0.29, 0.717) is 5.69 Å². The third kappa shape index (κ3) is 3.10. The maximum atomic E-state index is 12.4. The van der Waals surface area contributed by atoms with Gasteiger partial charge >= 0.3 is 5.97 Å². The van der Waals surface area contributed by atoms with Crippen LogP contribution in [0.25, 0.3) is 0 Å². The van der Waals surface area contributed by atoms with Crippen molar-refractivity contribution in [3.63, 3.8) is 0 Å². The Morgan fingerprint density at radius 1 is 1.32 bits per heavy atom. The van der Waals surface area contributed by atoms with Gasteiger partial charge in [-0.1, -0.05) is 12.8 Å². The molecule has 5 heteroatoms. The van der Waals surface area contributed by atoms with Gasteiger partial charge in [-0.15, -0.1) is 0 Å². The second-order valence-corrected chi connectivity index (χ2v) is 4.93.